The first kappa shape index (κ1) is 12.4. The lowest BCUT2D eigenvalue weighted by Gasteiger charge is -2.31. The Balaban J connectivity index is 2.76. The van der Waals surface area contributed by atoms with Gasteiger partial charge < -0.3 is 0 Å². The van der Waals surface area contributed by atoms with Crippen molar-refractivity contribution in [3.8, 4) is 0 Å². The van der Waals surface area contributed by atoms with Crippen molar-refractivity contribution in [3.63, 3.8) is 0 Å². The van der Waals surface area contributed by atoms with E-state index in [0.717, 1.165) is 5.66 Å². The van der Waals surface area contributed by atoms with Crippen LogP contribution in [0.3, 0.4) is 0 Å². The summed E-state index contributed by atoms with van der Waals surface area (Å²) in [7, 11) is 0. The van der Waals surface area contributed by atoms with E-state index >= 15 is 0 Å². The molecule has 0 aromatic carbocycles. The largest absolute Gasteiger partial charge is 0.106 e. The van der Waals surface area contributed by atoms with E-state index in [4.69, 9.17) is 0 Å². The molecule has 1 atom stereocenters. The van der Waals surface area contributed by atoms with Gasteiger partial charge in [0.25, 0.3) is 0 Å². The second-order valence-corrected chi connectivity index (χ2v) is 9.84. The van der Waals surface area contributed by atoms with Gasteiger partial charge in [-0.05, 0) is 51.6 Å². The van der Waals surface area contributed by atoms with Crippen LogP contribution in [-0.4, -0.2) is 23.8 Å². The van der Waals surface area contributed by atoms with Crippen LogP contribution in [0, 0.1) is 0 Å². The third-order valence-corrected chi connectivity index (χ3v) is 9.55. The Morgan fingerprint density at radius 1 is 1.21 bits per heavy atom. The van der Waals surface area contributed by atoms with E-state index in [0.29, 0.717) is 0 Å². The van der Waals surface area contributed by atoms with Gasteiger partial charge in [0.1, 0.15) is 0 Å². The van der Waals surface area contributed by atoms with Crippen LogP contribution in [0.2, 0.25) is 0 Å². The molecule has 0 aromatic rings. The summed E-state index contributed by atoms with van der Waals surface area (Å²) in [5, 5.41) is 1.78. The second kappa shape index (κ2) is 5.40. The van der Waals surface area contributed by atoms with E-state index in [1.165, 1.54) is 44.7 Å². The molecule has 0 heterocycles. The quantitative estimate of drug-likeness (QED) is 0.600. The smallest absolute Gasteiger partial charge is 0.0213 e. The fourth-order valence-corrected chi connectivity index (χ4v) is 6.75. The van der Waals surface area contributed by atoms with Crippen molar-refractivity contribution in [2.24, 2.45) is 0 Å². The highest BCUT2D eigenvalue weighted by atomic mass is 31.2. The molecule has 84 valence electrons. The van der Waals surface area contributed by atoms with E-state index in [2.05, 4.69) is 27.4 Å². The summed E-state index contributed by atoms with van der Waals surface area (Å²) < 4.78 is 0. The zero-order valence-electron chi connectivity index (χ0n) is 10.5. The van der Waals surface area contributed by atoms with E-state index < -0.39 is 6.89 Å². The Morgan fingerprint density at radius 3 is 2.21 bits per heavy atom. The molecule has 1 fully saturated rings. The van der Waals surface area contributed by atoms with Crippen molar-refractivity contribution in [2.75, 3.05) is 12.8 Å². The van der Waals surface area contributed by atoms with E-state index in [1.807, 2.05) is 0 Å². The van der Waals surface area contributed by atoms with Crippen molar-refractivity contribution in [1.82, 2.24) is 0 Å². The third kappa shape index (κ3) is 2.66. The van der Waals surface area contributed by atoms with Gasteiger partial charge in [-0.25, -0.2) is 0 Å². The lowest BCUT2D eigenvalue weighted by atomic mass is 10.4. The summed E-state index contributed by atoms with van der Waals surface area (Å²) in [6.07, 6.45) is 10.4. The average Bonchev–Trinajstić information content (AvgIpc) is 2.66. The van der Waals surface area contributed by atoms with Crippen molar-refractivity contribution in [3.05, 3.63) is 0 Å². The monoisotopic (exact) mass is 214 g/mol. The minimum atomic E-state index is -0.689. The van der Waals surface area contributed by atoms with Gasteiger partial charge in [0, 0.05) is 0 Å². The van der Waals surface area contributed by atoms with Crippen molar-refractivity contribution in [1.29, 1.82) is 0 Å². The summed E-state index contributed by atoms with van der Waals surface area (Å²) in [4.78, 5) is 0. The topological polar surface area (TPSA) is 0 Å². The first-order valence-corrected chi connectivity index (χ1v) is 8.76. The first-order chi connectivity index (χ1) is 6.61. The van der Waals surface area contributed by atoms with Crippen LogP contribution >= 0.6 is 6.89 Å². The third-order valence-electron chi connectivity index (χ3n) is 4.13. The average molecular weight is 214 g/mol. The number of hydrogen-bond acceptors (Lipinski definition) is 0. The zero-order valence-corrected chi connectivity index (χ0v) is 11.4. The van der Waals surface area contributed by atoms with Gasteiger partial charge in [0.05, 0.1) is 0 Å². The number of hydrogen-bond donors (Lipinski definition) is 0. The van der Waals surface area contributed by atoms with Crippen LogP contribution in [0.1, 0.15) is 59.3 Å². The molecule has 0 N–H and O–H groups in total. The van der Waals surface area contributed by atoms with E-state index in [-0.39, 0.29) is 0 Å². The summed E-state index contributed by atoms with van der Waals surface area (Å²) in [5.74, 6) is 0. The summed E-state index contributed by atoms with van der Waals surface area (Å²) >= 11 is 0. The normalized spacial score (nSPS) is 22.3. The van der Waals surface area contributed by atoms with Crippen LogP contribution in [0.5, 0.6) is 0 Å². The molecule has 0 saturated heterocycles. The standard InChI is InChI=1S/C13H27P/c1-5-6-11-14(4,12(2)3)13-9-7-8-10-13/h13H,5-11H2,1-4H3. The van der Waals surface area contributed by atoms with Crippen LogP contribution < -0.4 is 0 Å². The molecule has 1 heteroatoms. The Morgan fingerprint density at radius 2 is 1.79 bits per heavy atom. The molecule has 1 saturated carbocycles. The molecule has 14 heavy (non-hydrogen) atoms. The SMILES string of the molecule is CCCCP(C)(=C(C)C)C1CCCC1. The fourth-order valence-electron chi connectivity index (χ4n) is 2.73. The van der Waals surface area contributed by atoms with Crippen LogP contribution in [0.25, 0.3) is 0 Å². The molecule has 0 aromatic heterocycles. The Hall–Kier alpha value is 0.300. The Bertz CT molecular complexity index is 217. The molecule has 1 aliphatic rings. The minimum Gasteiger partial charge on any atom is -0.106 e. The van der Waals surface area contributed by atoms with E-state index in [1.54, 1.807) is 5.29 Å². The molecule has 1 unspecified atom stereocenters. The lowest BCUT2D eigenvalue weighted by molar-refractivity contribution is 0.852. The maximum Gasteiger partial charge on any atom is -0.0213 e. The second-order valence-electron chi connectivity index (χ2n) is 5.23. The molecule has 0 bridgehead atoms. The van der Waals surface area contributed by atoms with Gasteiger partial charge in [0.15, 0.2) is 0 Å². The minimum absolute atomic E-state index is 0.689. The number of rotatable bonds is 4. The predicted octanol–water partition coefficient (Wildman–Crippen LogP) is 4.59. The highest BCUT2D eigenvalue weighted by molar-refractivity contribution is 7.76. The van der Waals surface area contributed by atoms with Crippen molar-refractivity contribution < 1.29 is 0 Å². The highest BCUT2D eigenvalue weighted by Crippen LogP contribution is 2.56. The predicted molar refractivity (Wildman–Crippen MR) is 71.2 cm³/mol. The fraction of sp³-hybridized carbons (Fsp3) is 0.923. The van der Waals surface area contributed by atoms with Gasteiger partial charge in [-0.15, -0.1) is 6.89 Å². The molecule has 0 nitrogen and oxygen atoms in total. The van der Waals surface area contributed by atoms with E-state index in [9.17, 15) is 0 Å². The zero-order chi connectivity index (χ0) is 10.6. The summed E-state index contributed by atoms with van der Waals surface area (Å²) in [6.45, 7) is 9.03. The van der Waals surface area contributed by atoms with Gasteiger partial charge in [-0.3, -0.25) is 0 Å². The first-order valence-electron chi connectivity index (χ1n) is 6.27. The van der Waals surface area contributed by atoms with Crippen molar-refractivity contribution in [2.45, 2.75) is 65.0 Å². The van der Waals surface area contributed by atoms with Gasteiger partial charge in [-0.2, -0.15) is 0 Å². The maximum atomic E-state index is 2.62. The molecular formula is C13H27P. The summed E-state index contributed by atoms with van der Waals surface area (Å²) in [6, 6.07) is 0. The van der Waals surface area contributed by atoms with Crippen LogP contribution in [0.4, 0.5) is 0 Å². The van der Waals surface area contributed by atoms with Gasteiger partial charge >= 0.3 is 0 Å². The maximum absolute atomic E-state index is 2.62. The molecule has 0 amide bonds. The van der Waals surface area contributed by atoms with Gasteiger partial charge in [0.2, 0.25) is 0 Å². The molecule has 1 aliphatic carbocycles. The Labute approximate surface area is 90.5 Å². The van der Waals surface area contributed by atoms with Gasteiger partial charge in [-0.1, -0.05) is 31.5 Å². The highest BCUT2D eigenvalue weighted by Gasteiger charge is 2.27. The Kier molecular flexibility index (Phi) is 4.77. The van der Waals surface area contributed by atoms with Crippen LogP contribution in [0.15, 0.2) is 0 Å². The molecule has 1 rings (SSSR count). The lowest BCUT2D eigenvalue weighted by Crippen LogP contribution is -2.10. The molecule has 0 spiro atoms. The molecule has 0 aliphatic heterocycles. The van der Waals surface area contributed by atoms with Crippen LogP contribution in [-0.2, 0) is 0 Å². The van der Waals surface area contributed by atoms with Crippen molar-refractivity contribution >= 4 is 12.2 Å². The number of unbranched alkanes of at least 4 members (excludes halogenated alkanes) is 1. The molecular weight excluding hydrogens is 187 g/mol. The molecule has 0 radical (unpaired) electrons. The summed E-state index contributed by atoms with van der Waals surface area (Å²) in [5.41, 5.74) is 1.10.